The standard InChI is InChI=1S/La.6O.Ta.Zr/q+3;6*-2;+5;+4. The number of rotatable bonds is 0. The zero-order valence-corrected chi connectivity index (χ0v) is 13.3. The normalized spacial score (nSPS) is 0. The van der Waals surface area contributed by atoms with Crippen LogP contribution >= 0.6 is 0 Å². The third-order valence-electron chi connectivity index (χ3n) is 0. The first-order chi connectivity index (χ1) is 0. The third-order valence-corrected chi connectivity index (χ3v) is 0. The second-order valence-corrected chi connectivity index (χ2v) is 0. The van der Waals surface area contributed by atoms with Crippen molar-refractivity contribution in [1.82, 2.24) is 0 Å². The topological polar surface area (TPSA) is 171 Å². The fraction of sp³-hybridized carbons (Fsp3) is 0. The van der Waals surface area contributed by atoms with Crippen molar-refractivity contribution in [2.24, 2.45) is 0 Å². The molecule has 0 saturated heterocycles. The van der Waals surface area contributed by atoms with Crippen LogP contribution in [-0.2, 0) is 81.4 Å². The SMILES string of the molecule is [La+3].[O-2].[O-2].[O-2].[O-2].[O-2].[O-2].[Ta+5].[Zr+4]. The first-order valence-corrected chi connectivity index (χ1v) is 0. The molecule has 0 N–H and O–H groups in total. The zero-order valence-electron chi connectivity index (χ0n) is 3.97. The monoisotopic (exact) mass is 506 g/mol. The van der Waals surface area contributed by atoms with Crippen molar-refractivity contribution in [3.05, 3.63) is 0 Å². The van der Waals surface area contributed by atoms with Gasteiger partial charge in [0.15, 0.2) is 0 Å². The van der Waals surface area contributed by atoms with Crippen LogP contribution in [0.2, 0.25) is 0 Å². The third kappa shape index (κ3) is 117. The van der Waals surface area contributed by atoms with E-state index in [-0.39, 0.29) is 117 Å². The van der Waals surface area contributed by atoms with Crippen molar-refractivity contribution in [3.63, 3.8) is 0 Å². The summed E-state index contributed by atoms with van der Waals surface area (Å²) in [6.45, 7) is 0. The van der Waals surface area contributed by atoms with Crippen LogP contribution in [0.25, 0.3) is 0 Å². The van der Waals surface area contributed by atoms with Gasteiger partial charge in [-0.15, -0.1) is 0 Å². The summed E-state index contributed by atoms with van der Waals surface area (Å²) >= 11 is 0. The summed E-state index contributed by atoms with van der Waals surface area (Å²) in [6.07, 6.45) is 0. The maximum absolute atomic E-state index is 0. The van der Waals surface area contributed by atoms with Gasteiger partial charge < -0.3 is 32.9 Å². The fourth-order valence-corrected chi connectivity index (χ4v) is 0. The van der Waals surface area contributed by atoms with Gasteiger partial charge in [-0.2, -0.15) is 0 Å². The molecule has 9 heteroatoms. The van der Waals surface area contributed by atoms with Crippen LogP contribution in [0.15, 0.2) is 0 Å². The molecular weight excluding hydrogens is 507 g/mol. The molecule has 0 aliphatic heterocycles. The molecule has 0 aromatic rings. The van der Waals surface area contributed by atoms with Crippen LogP contribution in [0, 0.1) is 35.6 Å². The van der Waals surface area contributed by atoms with Crippen LogP contribution in [0.4, 0.5) is 0 Å². The van der Waals surface area contributed by atoms with Gasteiger partial charge in [0.25, 0.3) is 0 Å². The Morgan fingerprint density at radius 3 is 0.444 bits per heavy atom. The molecule has 0 radical (unpaired) electrons. The number of hydrogen-bond acceptors (Lipinski definition) is 0. The van der Waals surface area contributed by atoms with E-state index in [0.717, 1.165) is 0 Å². The Kier molecular flexibility index (Phi) is 3160. The molecule has 0 saturated carbocycles. The van der Waals surface area contributed by atoms with E-state index in [1.165, 1.54) is 0 Å². The molecule has 9 heavy (non-hydrogen) atoms. The summed E-state index contributed by atoms with van der Waals surface area (Å²) in [5.41, 5.74) is 0. The molecule has 0 bridgehead atoms. The van der Waals surface area contributed by atoms with Gasteiger partial charge in [0.05, 0.1) is 0 Å². The van der Waals surface area contributed by atoms with Crippen LogP contribution in [-0.4, -0.2) is 0 Å². The maximum atomic E-state index is 0. The molecule has 0 unspecified atom stereocenters. The van der Waals surface area contributed by atoms with Gasteiger partial charge in [0.1, 0.15) is 0 Å². The minimum Gasteiger partial charge on any atom is -2.00 e. The summed E-state index contributed by atoms with van der Waals surface area (Å²) in [7, 11) is 0. The molecule has 0 rings (SSSR count). The van der Waals surface area contributed by atoms with Crippen molar-refractivity contribution < 1.29 is 117 Å². The largest absolute Gasteiger partial charge is 5.00 e. The summed E-state index contributed by atoms with van der Waals surface area (Å²) in [6, 6.07) is 0. The Labute approximate surface area is 115 Å². The van der Waals surface area contributed by atoms with E-state index in [1.54, 1.807) is 0 Å². The van der Waals surface area contributed by atoms with E-state index in [9.17, 15) is 0 Å². The number of hydrogen-bond donors (Lipinski definition) is 0. The molecule has 0 atom stereocenters. The van der Waals surface area contributed by atoms with E-state index in [4.69, 9.17) is 0 Å². The Morgan fingerprint density at radius 1 is 0.444 bits per heavy atom. The average Bonchev–Trinajstić information content (AvgIpc) is 0. The first-order valence-electron chi connectivity index (χ1n) is 0. The van der Waals surface area contributed by atoms with Gasteiger partial charge in [-0.25, -0.2) is 0 Å². The van der Waals surface area contributed by atoms with Gasteiger partial charge >= 0.3 is 84.2 Å². The van der Waals surface area contributed by atoms with Gasteiger partial charge in [-0.3, -0.25) is 0 Å². The molecule has 48 valence electrons. The molecular formula is LaO6TaZr. The second-order valence-electron chi connectivity index (χ2n) is 0. The minimum absolute atomic E-state index is 0. The predicted octanol–water partition coefficient (Wildman–Crippen LogP) is -0.718. The molecule has 0 aliphatic carbocycles. The Hall–Kier alpha value is 2.58. The van der Waals surface area contributed by atoms with Crippen LogP contribution < -0.4 is 0 Å². The van der Waals surface area contributed by atoms with Crippen molar-refractivity contribution >= 4 is 0 Å². The van der Waals surface area contributed by atoms with Crippen LogP contribution in [0.1, 0.15) is 0 Å². The first kappa shape index (κ1) is 195. The summed E-state index contributed by atoms with van der Waals surface area (Å²) in [5, 5.41) is 0. The van der Waals surface area contributed by atoms with Gasteiger partial charge in [-0.05, 0) is 0 Å². The molecule has 0 heterocycles. The van der Waals surface area contributed by atoms with E-state index in [1.807, 2.05) is 0 Å². The zero-order chi connectivity index (χ0) is 0. The fourth-order valence-electron chi connectivity index (χ4n) is 0. The van der Waals surface area contributed by atoms with Crippen LogP contribution in [0.3, 0.4) is 0 Å². The second kappa shape index (κ2) is 146. The Morgan fingerprint density at radius 2 is 0.444 bits per heavy atom. The molecule has 0 amide bonds. The Balaban J connectivity index is 0. The van der Waals surface area contributed by atoms with E-state index in [2.05, 4.69) is 0 Å². The van der Waals surface area contributed by atoms with Gasteiger partial charge in [-0.1, -0.05) is 0 Å². The van der Waals surface area contributed by atoms with E-state index >= 15 is 0 Å². The predicted molar refractivity (Wildman–Crippen MR) is 4.12 cm³/mol. The molecule has 0 aromatic heterocycles. The smallest absolute Gasteiger partial charge is 2.00 e. The quantitative estimate of drug-likeness (QED) is 0.404. The van der Waals surface area contributed by atoms with Crippen molar-refractivity contribution in [2.75, 3.05) is 0 Å². The van der Waals surface area contributed by atoms with Crippen molar-refractivity contribution in [3.8, 4) is 0 Å². The van der Waals surface area contributed by atoms with Gasteiger partial charge in [0, 0.05) is 0 Å². The van der Waals surface area contributed by atoms with Crippen LogP contribution in [0.5, 0.6) is 0 Å². The molecule has 6 nitrogen and oxygen atoms in total. The molecule has 0 spiro atoms. The van der Waals surface area contributed by atoms with E-state index < -0.39 is 0 Å². The average molecular weight is 507 g/mol. The summed E-state index contributed by atoms with van der Waals surface area (Å²) in [4.78, 5) is 0. The molecule has 0 aliphatic rings. The molecule has 0 aromatic carbocycles. The Bertz CT molecular complexity index is 13.0. The van der Waals surface area contributed by atoms with Crippen molar-refractivity contribution in [2.45, 2.75) is 0 Å². The van der Waals surface area contributed by atoms with E-state index in [0.29, 0.717) is 0 Å². The summed E-state index contributed by atoms with van der Waals surface area (Å²) in [5.74, 6) is 0. The van der Waals surface area contributed by atoms with Gasteiger partial charge in [0.2, 0.25) is 0 Å². The minimum atomic E-state index is 0. The van der Waals surface area contributed by atoms with Crippen molar-refractivity contribution in [1.29, 1.82) is 0 Å². The molecule has 0 fully saturated rings. The maximum Gasteiger partial charge on any atom is 5.00 e. The summed E-state index contributed by atoms with van der Waals surface area (Å²) < 4.78 is 0.